The zero-order valence-corrected chi connectivity index (χ0v) is 27.6. The monoisotopic (exact) mass is 629 g/mol. The number of aromatic nitrogens is 2. The number of nitrogens with two attached hydrogens (primary N) is 1. The van der Waals surface area contributed by atoms with Crippen LogP contribution >= 0.6 is 0 Å². The van der Waals surface area contributed by atoms with Gasteiger partial charge in [-0.05, 0) is 95.9 Å². The third-order valence-corrected chi connectivity index (χ3v) is 10.1. The van der Waals surface area contributed by atoms with Crippen LogP contribution in [0.2, 0.25) is 0 Å². The summed E-state index contributed by atoms with van der Waals surface area (Å²) in [5.41, 5.74) is 21.5. The molecule has 0 radical (unpaired) electrons. The fourth-order valence-electron chi connectivity index (χ4n) is 7.94. The Balaban J connectivity index is 1.27. The summed E-state index contributed by atoms with van der Waals surface area (Å²) in [5, 5.41) is 5.92. The highest BCUT2D eigenvalue weighted by molar-refractivity contribution is 6.11. The first-order chi connectivity index (χ1) is 24.1. The van der Waals surface area contributed by atoms with Crippen molar-refractivity contribution in [2.45, 2.75) is 13.8 Å². The van der Waals surface area contributed by atoms with Gasteiger partial charge >= 0.3 is 0 Å². The molecule has 0 saturated heterocycles. The summed E-state index contributed by atoms with van der Waals surface area (Å²) in [7, 11) is 0. The van der Waals surface area contributed by atoms with E-state index in [4.69, 9.17) is 5.73 Å². The van der Waals surface area contributed by atoms with Gasteiger partial charge in [-0.1, -0.05) is 104 Å². The molecule has 1 aliphatic carbocycles. The van der Waals surface area contributed by atoms with Gasteiger partial charge in [0.1, 0.15) is 0 Å². The predicted molar refractivity (Wildman–Crippen MR) is 209 cm³/mol. The lowest BCUT2D eigenvalue weighted by Crippen LogP contribution is -2.29. The minimum absolute atomic E-state index is 0.852. The van der Waals surface area contributed by atoms with Crippen molar-refractivity contribution in [2.75, 3.05) is 0 Å². The normalized spacial score (nSPS) is 12.9. The Morgan fingerprint density at radius 1 is 0.571 bits per heavy atom. The van der Waals surface area contributed by atoms with Gasteiger partial charge < -0.3 is 14.9 Å². The molecule has 0 unspecified atom stereocenters. The Hall–Kier alpha value is -6.32. The van der Waals surface area contributed by atoms with E-state index in [0.29, 0.717) is 0 Å². The molecule has 0 atom stereocenters. The van der Waals surface area contributed by atoms with Crippen molar-refractivity contribution in [3.63, 3.8) is 0 Å². The van der Waals surface area contributed by atoms with Crippen LogP contribution in [0.4, 0.5) is 0 Å². The van der Waals surface area contributed by atoms with Crippen molar-refractivity contribution in [1.82, 2.24) is 9.13 Å². The molecule has 0 spiro atoms. The Bertz CT molecular complexity index is 2810. The van der Waals surface area contributed by atoms with Gasteiger partial charge in [-0.15, -0.1) is 0 Å². The zero-order valence-electron chi connectivity index (χ0n) is 27.6. The molecule has 0 fully saturated rings. The van der Waals surface area contributed by atoms with Crippen molar-refractivity contribution in [3.05, 3.63) is 167 Å². The minimum Gasteiger partial charge on any atom is -0.398 e. The highest BCUT2D eigenvalue weighted by Gasteiger charge is 2.21. The zero-order chi connectivity index (χ0) is 33.2. The number of nitrogens with zero attached hydrogens (tertiary/aromatic N) is 2. The lowest BCUT2D eigenvalue weighted by atomic mass is 10.0. The number of hydrogen-bond acceptors (Lipinski definition) is 1. The van der Waals surface area contributed by atoms with Crippen LogP contribution in [0.25, 0.3) is 90.3 Å². The molecule has 2 N–H and O–H groups in total. The number of rotatable bonds is 5. The number of fused-ring (bicyclic) bond motifs is 7. The van der Waals surface area contributed by atoms with E-state index in [0.717, 1.165) is 49.8 Å². The molecule has 1 aliphatic rings. The molecular formula is C46H35N3. The largest absolute Gasteiger partial charge is 0.398 e. The maximum absolute atomic E-state index is 6.75. The second-order valence-corrected chi connectivity index (χ2v) is 12.7. The number of benzene rings is 6. The Kier molecular flexibility index (Phi) is 6.56. The SMILES string of the molecule is C=Cc1c(/C=C\C)n(-c2ccccc2)c2cc(-c3ccc4c(c3)c3ccccc3n4-c3cc4c(/c(=C\C)c3)=C(N)c3ccccc3-4)ccc12. The minimum atomic E-state index is 0.852. The van der Waals surface area contributed by atoms with Gasteiger partial charge in [0, 0.05) is 49.6 Å². The van der Waals surface area contributed by atoms with E-state index in [1.54, 1.807) is 0 Å². The first-order valence-corrected chi connectivity index (χ1v) is 16.8. The lowest BCUT2D eigenvalue weighted by Gasteiger charge is -2.12. The maximum Gasteiger partial charge on any atom is 0.0547 e. The molecule has 0 aliphatic heterocycles. The number of para-hydroxylation sites is 2. The lowest BCUT2D eigenvalue weighted by molar-refractivity contribution is 1.10. The average molecular weight is 630 g/mol. The molecular weight excluding hydrogens is 595 g/mol. The summed E-state index contributed by atoms with van der Waals surface area (Å²) in [6.07, 6.45) is 8.42. The quantitative estimate of drug-likeness (QED) is 0.202. The topological polar surface area (TPSA) is 35.9 Å². The first-order valence-electron chi connectivity index (χ1n) is 16.8. The van der Waals surface area contributed by atoms with Gasteiger partial charge in [-0.3, -0.25) is 0 Å². The van der Waals surface area contributed by atoms with Gasteiger partial charge in [0.2, 0.25) is 0 Å². The van der Waals surface area contributed by atoms with Gasteiger partial charge in [-0.25, -0.2) is 0 Å². The molecule has 49 heavy (non-hydrogen) atoms. The van der Waals surface area contributed by atoms with E-state index < -0.39 is 0 Å². The van der Waals surface area contributed by atoms with Crippen LogP contribution in [0.5, 0.6) is 0 Å². The third kappa shape index (κ3) is 4.22. The van der Waals surface area contributed by atoms with Gasteiger partial charge in [-0.2, -0.15) is 0 Å². The standard InChI is InChI=1S/C46H35N3/c1-4-14-41-34(6-3)37-23-21-31(27-44(37)48(41)32-15-8-7-9-16-32)30-22-24-43-39(26-30)36-18-12-13-20-42(36)49(43)33-25-29(5-2)45-40(28-33)35-17-10-11-19-38(35)46(45)47/h4-28H,3,47H2,1-2H3/b14-4-,29-5-. The molecule has 9 rings (SSSR count). The highest BCUT2D eigenvalue weighted by atomic mass is 15.0. The fraction of sp³-hybridized carbons (Fsp3) is 0.0435. The van der Waals surface area contributed by atoms with E-state index >= 15 is 0 Å². The van der Waals surface area contributed by atoms with Crippen LogP contribution in [0.15, 0.2) is 140 Å². The van der Waals surface area contributed by atoms with E-state index in [9.17, 15) is 0 Å². The third-order valence-electron chi connectivity index (χ3n) is 10.1. The molecule has 3 nitrogen and oxygen atoms in total. The predicted octanol–water partition coefficient (Wildman–Crippen LogP) is 9.97. The maximum atomic E-state index is 6.75. The second kappa shape index (κ2) is 11.1. The second-order valence-electron chi connectivity index (χ2n) is 12.7. The van der Waals surface area contributed by atoms with Crippen molar-refractivity contribution >= 4 is 56.6 Å². The van der Waals surface area contributed by atoms with Crippen LogP contribution in [-0.2, 0) is 0 Å². The molecule has 8 aromatic rings. The van der Waals surface area contributed by atoms with E-state index in [1.165, 1.54) is 49.4 Å². The van der Waals surface area contributed by atoms with Gasteiger partial charge in [0.15, 0.2) is 0 Å². The molecule has 3 heteroatoms. The molecule has 2 aromatic heterocycles. The van der Waals surface area contributed by atoms with Crippen LogP contribution in [0.1, 0.15) is 30.7 Å². The molecule has 0 saturated carbocycles. The summed E-state index contributed by atoms with van der Waals surface area (Å²) >= 11 is 0. The Morgan fingerprint density at radius 3 is 2.08 bits per heavy atom. The van der Waals surface area contributed by atoms with Crippen molar-refractivity contribution in [2.24, 2.45) is 5.73 Å². The molecule has 0 bridgehead atoms. The highest BCUT2D eigenvalue weighted by Crippen LogP contribution is 2.38. The number of hydrogen-bond donors (Lipinski definition) is 1. The summed E-state index contributed by atoms with van der Waals surface area (Å²) < 4.78 is 4.75. The summed E-state index contributed by atoms with van der Waals surface area (Å²) in [5.74, 6) is 0. The molecule has 234 valence electrons. The fourth-order valence-corrected chi connectivity index (χ4v) is 7.94. The Morgan fingerprint density at radius 2 is 1.29 bits per heavy atom. The Labute approximate surface area is 285 Å². The molecule has 0 amide bonds. The van der Waals surface area contributed by atoms with Crippen molar-refractivity contribution < 1.29 is 0 Å². The van der Waals surface area contributed by atoms with Gasteiger partial charge in [0.05, 0.1) is 22.2 Å². The van der Waals surface area contributed by atoms with Crippen LogP contribution in [-0.4, -0.2) is 9.13 Å². The average Bonchev–Trinajstić information content (AvgIpc) is 3.76. The van der Waals surface area contributed by atoms with Crippen LogP contribution in [0, 0.1) is 0 Å². The first kappa shape index (κ1) is 28.9. The van der Waals surface area contributed by atoms with Crippen molar-refractivity contribution in [1.29, 1.82) is 0 Å². The summed E-state index contributed by atoms with van der Waals surface area (Å²) in [6, 6.07) is 46.1. The van der Waals surface area contributed by atoms with E-state index in [-0.39, 0.29) is 0 Å². The van der Waals surface area contributed by atoms with Crippen LogP contribution in [0.3, 0.4) is 0 Å². The number of allylic oxidation sites excluding steroid dienone is 1. The van der Waals surface area contributed by atoms with E-state index in [2.05, 4.69) is 175 Å². The molecule has 2 heterocycles. The smallest absolute Gasteiger partial charge is 0.0547 e. The van der Waals surface area contributed by atoms with E-state index in [1.807, 2.05) is 6.08 Å². The summed E-state index contributed by atoms with van der Waals surface area (Å²) in [6.45, 7) is 8.35. The van der Waals surface area contributed by atoms with Crippen molar-refractivity contribution in [3.8, 4) is 33.6 Å². The summed E-state index contributed by atoms with van der Waals surface area (Å²) in [4.78, 5) is 0. The van der Waals surface area contributed by atoms with Gasteiger partial charge in [0.25, 0.3) is 0 Å². The molecule has 6 aromatic carbocycles. The van der Waals surface area contributed by atoms with Crippen LogP contribution < -0.4 is 16.2 Å².